The predicted octanol–water partition coefficient (Wildman–Crippen LogP) is 0.334. The largest absolute Gasteiger partial charge is 0.591 e. The molecular formula is C7H9N6-. The minimum absolute atomic E-state index is 0.416. The van der Waals surface area contributed by atoms with E-state index in [1.165, 1.54) is 5.23 Å². The van der Waals surface area contributed by atoms with Crippen LogP contribution in [0.25, 0.3) is 5.43 Å². The number of nitrogens with zero attached hydrogens (tertiary/aromatic N) is 4. The molecule has 1 aromatic rings. The molecule has 0 spiro atoms. The topological polar surface area (TPSA) is 85.5 Å². The molecule has 0 aliphatic carbocycles. The van der Waals surface area contributed by atoms with Crippen LogP contribution in [0.1, 0.15) is 0 Å². The van der Waals surface area contributed by atoms with Crippen molar-refractivity contribution >= 4 is 11.5 Å². The van der Waals surface area contributed by atoms with Crippen LogP contribution in [0, 0.1) is 0 Å². The average Bonchev–Trinajstić information content (AvgIpc) is 2.52. The summed E-state index contributed by atoms with van der Waals surface area (Å²) >= 11 is 0. The molecule has 2 rings (SSSR count). The van der Waals surface area contributed by atoms with E-state index in [-0.39, 0.29) is 0 Å². The van der Waals surface area contributed by atoms with Crippen LogP contribution in [0.15, 0.2) is 30.7 Å². The van der Waals surface area contributed by atoms with Gasteiger partial charge in [-0.15, -0.1) is 6.20 Å². The fraction of sp³-hybridized carbons (Fsp3) is 0. The highest BCUT2D eigenvalue weighted by Gasteiger charge is 2.09. The molecule has 6 heteroatoms. The predicted molar refractivity (Wildman–Crippen MR) is 49.7 cm³/mol. The second-order valence-corrected chi connectivity index (χ2v) is 2.49. The highest BCUT2D eigenvalue weighted by Crippen LogP contribution is 2.25. The number of anilines is 2. The molecule has 0 fully saturated rings. The average molecular weight is 177 g/mol. The smallest absolute Gasteiger partial charge is 0.148 e. The molecule has 4 N–H and O–H groups in total. The minimum Gasteiger partial charge on any atom is -0.591 e. The van der Waals surface area contributed by atoms with Crippen LogP contribution >= 0.6 is 0 Å². The van der Waals surface area contributed by atoms with E-state index in [1.807, 2.05) is 6.07 Å². The molecule has 6 nitrogen and oxygen atoms in total. The number of hydrogen-bond acceptors (Lipinski definition) is 5. The third kappa shape index (κ3) is 1.28. The molecule has 1 aromatic heterocycles. The first-order chi connectivity index (χ1) is 6.29. The molecule has 68 valence electrons. The monoisotopic (exact) mass is 177 g/mol. The summed E-state index contributed by atoms with van der Waals surface area (Å²) in [6.07, 6.45) is 4.90. The highest BCUT2D eigenvalue weighted by molar-refractivity contribution is 5.64. The van der Waals surface area contributed by atoms with Crippen LogP contribution in [0.2, 0.25) is 0 Å². The number of aromatic nitrogens is 1. The Hall–Kier alpha value is -1.79. The standard InChI is InChI=1S/C7H9N6/c8-7-6(2-1-3-10-7)12-5-4-11-13(12)9/h1-5H,9H2,(H2,8,10)/q-1. The highest BCUT2D eigenvalue weighted by atomic mass is 15.9. The van der Waals surface area contributed by atoms with Crippen molar-refractivity contribution in [2.75, 3.05) is 10.7 Å². The van der Waals surface area contributed by atoms with Gasteiger partial charge in [-0.1, -0.05) is 0 Å². The van der Waals surface area contributed by atoms with E-state index in [1.54, 1.807) is 29.7 Å². The van der Waals surface area contributed by atoms with E-state index in [9.17, 15) is 0 Å². The van der Waals surface area contributed by atoms with Crippen molar-refractivity contribution < 1.29 is 0 Å². The van der Waals surface area contributed by atoms with E-state index in [0.717, 1.165) is 0 Å². The van der Waals surface area contributed by atoms with E-state index < -0.39 is 0 Å². The lowest BCUT2D eigenvalue weighted by Gasteiger charge is -2.33. The van der Waals surface area contributed by atoms with Crippen LogP contribution in [0.4, 0.5) is 11.5 Å². The van der Waals surface area contributed by atoms with Crippen molar-refractivity contribution in [1.82, 2.24) is 10.2 Å². The summed E-state index contributed by atoms with van der Waals surface area (Å²) in [7, 11) is 0. The van der Waals surface area contributed by atoms with Gasteiger partial charge in [0.15, 0.2) is 0 Å². The number of rotatable bonds is 1. The van der Waals surface area contributed by atoms with E-state index >= 15 is 0 Å². The van der Waals surface area contributed by atoms with E-state index in [2.05, 4.69) is 10.4 Å². The van der Waals surface area contributed by atoms with Gasteiger partial charge in [0.05, 0.1) is 5.69 Å². The van der Waals surface area contributed by atoms with Gasteiger partial charge in [0.1, 0.15) is 5.82 Å². The zero-order valence-electron chi connectivity index (χ0n) is 6.83. The second-order valence-electron chi connectivity index (χ2n) is 2.49. The quantitative estimate of drug-likeness (QED) is 0.604. The first kappa shape index (κ1) is 7.84. The summed E-state index contributed by atoms with van der Waals surface area (Å²) < 4.78 is 0. The number of nitrogen functional groups attached to an aromatic ring is 1. The summed E-state index contributed by atoms with van der Waals surface area (Å²) in [5.41, 5.74) is 10.2. The van der Waals surface area contributed by atoms with Gasteiger partial charge in [-0.2, -0.15) is 0 Å². The molecule has 0 radical (unpaired) electrons. The SMILES string of the molecule is Nc1ncccc1N1C=C[N-]N1N. The van der Waals surface area contributed by atoms with E-state index in [4.69, 9.17) is 11.6 Å². The lowest BCUT2D eigenvalue weighted by molar-refractivity contribution is 0.393. The fourth-order valence-corrected chi connectivity index (χ4v) is 1.08. The lowest BCUT2D eigenvalue weighted by Crippen LogP contribution is -2.37. The number of pyridine rings is 1. The Kier molecular flexibility index (Phi) is 1.76. The van der Waals surface area contributed by atoms with Crippen molar-refractivity contribution in [3.05, 3.63) is 36.2 Å². The van der Waals surface area contributed by atoms with Gasteiger partial charge in [-0.05, 0) is 12.1 Å². The van der Waals surface area contributed by atoms with Crippen LogP contribution in [-0.2, 0) is 0 Å². The maximum absolute atomic E-state index is 5.65. The maximum atomic E-state index is 5.65. The third-order valence-corrected chi connectivity index (χ3v) is 1.68. The molecule has 1 aliphatic rings. The molecule has 0 bridgehead atoms. The number of hydrogen-bond donors (Lipinski definition) is 2. The molecule has 0 unspecified atom stereocenters. The van der Waals surface area contributed by atoms with Crippen LogP contribution < -0.4 is 16.6 Å². The Balaban J connectivity index is 2.35. The van der Waals surface area contributed by atoms with Gasteiger partial charge in [-0.25, -0.2) is 10.2 Å². The molecule has 2 heterocycles. The van der Waals surface area contributed by atoms with Crippen LogP contribution in [0.5, 0.6) is 0 Å². The zero-order valence-corrected chi connectivity index (χ0v) is 6.83. The lowest BCUT2D eigenvalue weighted by atomic mass is 10.4. The molecule has 1 aliphatic heterocycles. The summed E-state index contributed by atoms with van der Waals surface area (Å²) in [6, 6.07) is 3.60. The molecule has 0 saturated heterocycles. The van der Waals surface area contributed by atoms with Crippen molar-refractivity contribution in [3.63, 3.8) is 0 Å². The summed E-state index contributed by atoms with van der Waals surface area (Å²) in [4.78, 5) is 3.94. The number of nitrogens with two attached hydrogens (primary N) is 2. The fourth-order valence-electron chi connectivity index (χ4n) is 1.08. The van der Waals surface area contributed by atoms with Crippen molar-refractivity contribution in [2.45, 2.75) is 0 Å². The van der Waals surface area contributed by atoms with Crippen LogP contribution in [0.3, 0.4) is 0 Å². The first-order valence-corrected chi connectivity index (χ1v) is 3.71. The molecule has 0 saturated carbocycles. The van der Waals surface area contributed by atoms with Gasteiger partial charge in [0, 0.05) is 12.4 Å². The molecule has 13 heavy (non-hydrogen) atoms. The van der Waals surface area contributed by atoms with Gasteiger partial charge in [0.25, 0.3) is 0 Å². The van der Waals surface area contributed by atoms with Gasteiger partial charge >= 0.3 is 0 Å². The summed E-state index contributed by atoms with van der Waals surface area (Å²) in [6.45, 7) is 0. The number of hydrazine groups is 2. The van der Waals surface area contributed by atoms with Gasteiger partial charge in [-0.3, -0.25) is 10.9 Å². The van der Waals surface area contributed by atoms with Crippen molar-refractivity contribution in [3.8, 4) is 0 Å². The van der Waals surface area contributed by atoms with Crippen molar-refractivity contribution in [1.29, 1.82) is 0 Å². The zero-order chi connectivity index (χ0) is 9.26. The normalized spacial score (nSPS) is 16.2. The Morgan fingerprint density at radius 1 is 1.46 bits per heavy atom. The second kappa shape index (κ2) is 2.92. The molecule has 0 atom stereocenters. The minimum atomic E-state index is 0.416. The Labute approximate surface area is 75.3 Å². The Morgan fingerprint density at radius 3 is 2.92 bits per heavy atom. The third-order valence-electron chi connectivity index (χ3n) is 1.68. The first-order valence-electron chi connectivity index (χ1n) is 3.71. The molecular weight excluding hydrogens is 168 g/mol. The molecule has 0 amide bonds. The van der Waals surface area contributed by atoms with Crippen LogP contribution in [-0.4, -0.2) is 10.2 Å². The maximum Gasteiger partial charge on any atom is 0.148 e. The molecule has 0 aromatic carbocycles. The Morgan fingerprint density at radius 2 is 2.31 bits per heavy atom. The van der Waals surface area contributed by atoms with Gasteiger partial charge in [0.2, 0.25) is 0 Å². The van der Waals surface area contributed by atoms with Gasteiger partial charge < -0.3 is 11.2 Å². The summed E-state index contributed by atoms with van der Waals surface area (Å²) in [5.74, 6) is 5.94. The van der Waals surface area contributed by atoms with E-state index in [0.29, 0.717) is 11.5 Å². The summed E-state index contributed by atoms with van der Waals surface area (Å²) in [5, 5.41) is 2.79. The Bertz CT molecular complexity index is 336. The van der Waals surface area contributed by atoms with Crippen molar-refractivity contribution in [2.24, 2.45) is 5.84 Å².